The molecule has 0 aromatic carbocycles. The first-order valence-electron chi connectivity index (χ1n) is 0.289. The molecule has 20 valence electrons. The molecule has 1 nitrogen and oxygen atoms in total. The second kappa shape index (κ2) is 28.8. The first-order valence-corrected chi connectivity index (χ1v) is 1.94. The SMILES string of the molecule is [Cd].[GaH3].[O]=[InH].[Zn]. The molecule has 0 atom stereocenters. The van der Waals surface area contributed by atoms with Gasteiger partial charge in [-0.15, -0.1) is 0 Å². The van der Waals surface area contributed by atoms with Crippen molar-refractivity contribution in [3.05, 3.63) is 0 Å². The Hall–Kier alpha value is 2.85. The van der Waals surface area contributed by atoms with Gasteiger partial charge in [-0.05, 0) is 0 Å². The van der Waals surface area contributed by atoms with Gasteiger partial charge in [-0.3, -0.25) is 0 Å². The molecule has 0 unspecified atom stereocenters. The zero-order chi connectivity index (χ0) is 2.00. The summed E-state index contributed by atoms with van der Waals surface area (Å²) in [6.07, 6.45) is 0. The monoisotopic (exact) mass is 382 g/mol. The van der Waals surface area contributed by atoms with Gasteiger partial charge in [-0.25, -0.2) is 0 Å². The molecule has 0 saturated heterocycles. The van der Waals surface area contributed by atoms with Gasteiger partial charge < -0.3 is 0 Å². The number of rotatable bonds is 0. The standard InChI is InChI=1S/Cd.Ga.In.O.Zn.4H. The average molecular weight is 382 g/mol. The van der Waals surface area contributed by atoms with Gasteiger partial charge in [-0.2, -0.15) is 0 Å². The maximum atomic E-state index is 8.42. The quantitative estimate of drug-likeness (QED) is 0.445. The van der Waals surface area contributed by atoms with E-state index in [1.807, 2.05) is 0 Å². The van der Waals surface area contributed by atoms with Crippen LogP contribution in [0.3, 0.4) is 0 Å². The molecule has 0 bridgehead atoms. The fourth-order valence-corrected chi connectivity index (χ4v) is 0. The molecule has 0 radical (unpaired) electrons. The molecule has 0 spiro atoms. The Balaban J connectivity index is -0.00000000167. The summed E-state index contributed by atoms with van der Waals surface area (Å²) in [6, 6.07) is 0. The summed E-state index contributed by atoms with van der Waals surface area (Å²) in [5.41, 5.74) is 0. The summed E-state index contributed by atoms with van der Waals surface area (Å²) in [7, 11) is 0. The van der Waals surface area contributed by atoms with Crippen LogP contribution in [0.5, 0.6) is 0 Å². The Morgan fingerprint density at radius 1 is 1.20 bits per heavy atom. The zero-order valence-electron chi connectivity index (χ0n) is 2.53. The van der Waals surface area contributed by atoms with E-state index in [9.17, 15) is 0 Å². The minimum Gasteiger partial charge on any atom is 0 e. The van der Waals surface area contributed by atoms with Crippen LogP contribution in [0.2, 0.25) is 0 Å². The Labute approximate surface area is 92.0 Å². The first-order chi connectivity index (χ1) is 1.00. The molecule has 0 aromatic rings. The normalized spacial score (nSPS) is 0.600. The molecule has 0 aromatic heterocycles. The third-order valence-electron chi connectivity index (χ3n) is 0. The summed E-state index contributed by atoms with van der Waals surface area (Å²) in [5, 5.41) is 0. The van der Waals surface area contributed by atoms with E-state index in [-0.39, 0.29) is 90.9 Å². The molecule has 0 amide bonds. The molecule has 0 heterocycles. The largest absolute Gasteiger partial charge is 0 e. The van der Waals surface area contributed by atoms with Crippen LogP contribution in [0.1, 0.15) is 0 Å². The molecule has 5 heavy (non-hydrogen) atoms. The van der Waals surface area contributed by atoms with Crippen LogP contribution in [-0.2, 0) is 49.6 Å². The van der Waals surface area contributed by atoms with Gasteiger partial charge in [0.25, 0.3) is 0 Å². The van der Waals surface area contributed by atoms with Gasteiger partial charge in [-0.1, -0.05) is 0 Å². The summed E-state index contributed by atoms with van der Waals surface area (Å²) in [4.78, 5) is 0. The van der Waals surface area contributed by atoms with E-state index in [1.165, 1.54) is 0 Å². The van der Waals surface area contributed by atoms with E-state index < -0.39 is 0 Å². The van der Waals surface area contributed by atoms with Gasteiger partial charge in [0.1, 0.15) is 0 Å². The van der Waals surface area contributed by atoms with Gasteiger partial charge in [0.15, 0.2) is 0 Å². The predicted molar refractivity (Wildman–Crippen MR) is 17.8 cm³/mol. The van der Waals surface area contributed by atoms with Gasteiger partial charge in [0.2, 0.25) is 0 Å². The summed E-state index contributed by atoms with van der Waals surface area (Å²) >= 11 is -0.1000. The van der Waals surface area contributed by atoms with E-state index in [0.29, 0.717) is 0 Å². The Bertz CT molecular complexity index is 11.6. The van der Waals surface area contributed by atoms with Crippen LogP contribution in [0, 0.1) is 0 Å². The van der Waals surface area contributed by atoms with Crippen LogP contribution in [0.25, 0.3) is 0 Å². The van der Waals surface area contributed by atoms with E-state index in [2.05, 4.69) is 0 Å². The summed E-state index contributed by atoms with van der Waals surface area (Å²) in [6.45, 7) is 0. The molecule has 0 aliphatic heterocycles. The Morgan fingerprint density at radius 2 is 1.20 bits per heavy atom. The molecule has 0 aliphatic carbocycles. The third kappa shape index (κ3) is 19.8. The Morgan fingerprint density at radius 3 is 1.20 bits per heavy atom. The van der Waals surface area contributed by atoms with E-state index >= 15 is 0 Å². The van der Waals surface area contributed by atoms with Crippen molar-refractivity contribution in [2.45, 2.75) is 0 Å². The minimum atomic E-state index is -0.1000. The molecule has 0 rings (SSSR count). The molecule has 0 fully saturated rings. The second-order valence-corrected chi connectivity index (χ2v) is 0. The van der Waals surface area contributed by atoms with Crippen molar-refractivity contribution in [2.75, 3.05) is 0 Å². The van der Waals surface area contributed by atoms with Gasteiger partial charge in [0, 0.05) is 46.8 Å². The van der Waals surface area contributed by atoms with E-state index in [4.69, 9.17) is 2.85 Å². The number of hydrogen-bond acceptors (Lipinski definition) is 1. The van der Waals surface area contributed by atoms with Crippen molar-refractivity contribution in [1.82, 2.24) is 0 Å². The topological polar surface area (TPSA) is 17.1 Å². The minimum absolute atomic E-state index is 0. The van der Waals surface area contributed by atoms with Gasteiger partial charge in [0.05, 0.1) is 0 Å². The molecule has 0 aliphatic rings. The maximum Gasteiger partial charge on any atom is 0 e. The Kier molecular flexibility index (Phi) is 143. The van der Waals surface area contributed by atoms with Crippen molar-refractivity contribution < 1.29 is 49.6 Å². The van der Waals surface area contributed by atoms with E-state index in [1.54, 1.807) is 0 Å². The zero-order valence-corrected chi connectivity index (χ0v) is 13.6. The average Bonchev–Trinajstić information content (AvgIpc) is 1.00. The fourth-order valence-electron chi connectivity index (χ4n) is 0. The third-order valence-corrected chi connectivity index (χ3v) is 0. The van der Waals surface area contributed by atoms with Crippen molar-refractivity contribution in [1.29, 1.82) is 0 Å². The van der Waals surface area contributed by atoms with Crippen molar-refractivity contribution in [3.8, 4) is 0 Å². The fraction of sp³-hybridized carbons (Fsp3) is 0. The molecule has 0 saturated carbocycles. The summed E-state index contributed by atoms with van der Waals surface area (Å²) in [5.74, 6) is 0. The van der Waals surface area contributed by atoms with Crippen LogP contribution >= 0.6 is 0 Å². The molecule has 5 heteroatoms. The molecular formula is H4CdGaInOZn. The smallest absolute Gasteiger partial charge is 0 e. The van der Waals surface area contributed by atoms with E-state index in [0.717, 1.165) is 0 Å². The van der Waals surface area contributed by atoms with Gasteiger partial charge >= 0.3 is 47.0 Å². The van der Waals surface area contributed by atoms with Crippen molar-refractivity contribution in [2.24, 2.45) is 0 Å². The first kappa shape index (κ1) is 24.8. The van der Waals surface area contributed by atoms with Crippen LogP contribution in [-0.4, -0.2) is 44.2 Å². The summed E-state index contributed by atoms with van der Waals surface area (Å²) < 4.78 is 8.42. The van der Waals surface area contributed by atoms with Crippen LogP contribution in [0.4, 0.5) is 0 Å². The van der Waals surface area contributed by atoms with Crippen LogP contribution in [0.15, 0.2) is 0 Å². The molecule has 0 N–H and O–H groups in total. The van der Waals surface area contributed by atoms with Crippen LogP contribution < -0.4 is 0 Å². The molecular weight excluding hydrogens is 378 g/mol. The number of hydrogen-bond donors (Lipinski definition) is 0. The van der Waals surface area contributed by atoms with Crippen molar-refractivity contribution >= 4 is 44.2 Å². The maximum absolute atomic E-state index is 8.42. The second-order valence-electron chi connectivity index (χ2n) is 0. The predicted octanol–water partition coefficient (Wildman–Crippen LogP) is -1.96. The van der Waals surface area contributed by atoms with Crippen molar-refractivity contribution in [3.63, 3.8) is 0 Å².